The molecule has 3 atom stereocenters. The summed E-state index contributed by atoms with van der Waals surface area (Å²) in [5, 5.41) is 3.39. The lowest BCUT2D eigenvalue weighted by atomic mass is 9.78. The Morgan fingerprint density at radius 2 is 2.04 bits per heavy atom. The Kier molecular flexibility index (Phi) is 6.60. The number of nitrogens with one attached hydrogen (secondary N) is 1. The maximum atomic E-state index is 12.4. The van der Waals surface area contributed by atoms with Crippen LogP contribution in [-0.4, -0.2) is 37.0 Å². The van der Waals surface area contributed by atoms with E-state index in [9.17, 15) is 14.4 Å². The Labute approximate surface area is 170 Å². The van der Waals surface area contributed by atoms with E-state index in [0.29, 0.717) is 35.5 Å². The number of anilines is 1. The van der Waals surface area contributed by atoms with Crippen LogP contribution in [0.25, 0.3) is 0 Å². The molecule has 2 aliphatic rings. The van der Waals surface area contributed by atoms with Gasteiger partial charge in [0.2, 0.25) is 5.91 Å². The van der Waals surface area contributed by atoms with Gasteiger partial charge in [0.25, 0.3) is 5.91 Å². The molecule has 2 amide bonds. The number of carbonyl (C=O) groups excluding carboxylic acids is 3. The zero-order valence-corrected chi connectivity index (χ0v) is 17.1. The minimum atomic E-state index is -0.607. The van der Waals surface area contributed by atoms with Gasteiger partial charge < -0.3 is 15.0 Å². The van der Waals surface area contributed by atoms with Crippen molar-refractivity contribution in [1.82, 2.24) is 5.32 Å². The highest BCUT2D eigenvalue weighted by Crippen LogP contribution is 2.31. The summed E-state index contributed by atoms with van der Waals surface area (Å²) in [7, 11) is 0. The number of halogens is 1. The Bertz CT molecular complexity index is 767. The molecule has 1 heterocycles. The first-order valence-electron chi connectivity index (χ1n) is 9.93. The molecule has 28 heavy (non-hydrogen) atoms. The largest absolute Gasteiger partial charge is 0.452 e. The van der Waals surface area contributed by atoms with E-state index in [1.165, 1.54) is 12.5 Å². The number of hydrogen-bond donors (Lipinski definition) is 1. The molecule has 0 bridgehead atoms. The zero-order valence-electron chi connectivity index (χ0n) is 16.4. The normalized spacial score (nSPS) is 24.9. The molecule has 1 saturated heterocycles. The summed E-state index contributed by atoms with van der Waals surface area (Å²) in [4.78, 5) is 38.1. The van der Waals surface area contributed by atoms with Gasteiger partial charge in [-0.25, -0.2) is 4.79 Å². The third-order valence-corrected chi connectivity index (χ3v) is 6.25. The molecule has 1 aliphatic carbocycles. The minimum absolute atomic E-state index is 0.0115. The predicted molar refractivity (Wildman–Crippen MR) is 107 cm³/mol. The van der Waals surface area contributed by atoms with Crippen LogP contribution < -0.4 is 10.2 Å². The van der Waals surface area contributed by atoms with Crippen LogP contribution in [0, 0.1) is 11.8 Å². The smallest absolute Gasteiger partial charge is 0.338 e. The van der Waals surface area contributed by atoms with Gasteiger partial charge in [-0.05, 0) is 42.9 Å². The second-order valence-corrected chi connectivity index (χ2v) is 8.24. The van der Waals surface area contributed by atoms with Crippen LogP contribution in [0.2, 0.25) is 5.02 Å². The molecule has 0 radical (unpaired) electrons. The van der Waals surface area contributed by atoms with Gasteiger partial charge in [0.1, 0.15) is 0 Å². The molecule has 1 saturated carbocycles. The first-order chi connectivity index (χ1) is 13.4. The van der Waals surface area contributed by atoms with E-state index in [1.54, 1.807) is 17.0 Å². The van der Waals surface area contributed by atoms with E-state index in [0.717, 1.165) is 19.3 Å². The van der Waals surface area contributed by atoms with Crippen LogP contribution in [-0.2, 0) is 14.3 Å². The predicted octanol–water partition coefficient (Wildman–Crippen LogP) is 3.56. The maximum Gasteiger partial charge on any atom is 0.338 e. The topological polar surface area (TPSA) is 75.7 Å². The molecule has 1 aromatic carbocycles. The Morgan fingerprint density at radius 3 is 2.75 bits per heavy atom. The van der Waals surface area contributed by atoms with Crippen molar-refractivity contribution in [3.8, 4) is 0 Å². The second-order valence-electron chi connectivity index (χ2n) is 7.83. The summed E-state index contributed by atoms with van der Waals surface area (Å²) in [5.41, 5.74) is 0.777. The third kappa shape index (κ3) is 4.66. The molecule has 2 fully saturated rings. The van der Waals surface area contributed by atoms with Gasteiger partial charge in [0.05, 0.1) is 16.3 Å². The van der Waals surface area contributed by atoms with Crippen LogP contribution in [0.15, 0.2) is 18.2 Å². The minimum Gasteiger partial charge on any atom is -0.452 e. The number of rotatable bonds is 5. The van der Waals surface area contributed by atoms with Crippen molar-refractivity contribution in [2.45, 2.75) is 52.0 Å². The highest BCUT2D eigenvalue weighted by atomic mass is 35.5. The first kappa shape index (κ1) is 20.6. The number of carbonyl (C=O) groups is 3. The van der Waals surface area contributed by atoms with Crippen LogP contribution in [0.3, 0.4) is 0 Å². The maximum absolute atomic E-state index is 12.4. The third-order valence-electron chi connectivity index (χ3n) is 5.93. The molecule has 1 aliphatic heterocycles. The van der Waals surface area contributed by atoms with Crippen molar-refractivity contribution < 1.29 is 19.1 Å². The number of nitrogens with zero attached hydrogens (tertiary/aromatic N) is 1. The highest BCUT2D eigenvalue weighted by molar-refractivity contribution is 6.34. The number of ether oxygens (including phenoxy) is 1. The summed E-state index contributed by atoms with van der Waals surface area (Å²) in [5.74, 6) is 0.0724. The van der Waals surface area contributed by atoms with Gasteiger partial charge >= 0.3 is 5.97 Å². The number of amides is 2. The molecule has 6 nitrogen and oxygen atoms in total. The lowest BCUT2D eigenvalue weighted by Gasteiger charge is -2.34. The van der Waals surface area contributed by atoms with Crippen molar-refractivity contribution >= 4 is 35.1 Å². The van der Waals surface area contributed by atoms with E-state index >= 15 is 0 Å². The summed E-state index contributed by atoms with van der Waals surface area (Å²) >= 11 is 6.20. The lowest BCUT2D eigenvalue weighted by Crippen LogP contribution is -2.45. The molecular weight excluding hydrogens is 380 g/mol. The fourth-order valence-corrected chi connectivity index (χ4v) is 4.22. The van der Waals surface area contributed by atoms with E-state index in [2.05, 4.69) is 19.2 Å². The van der Waals surface area contributed by atoms with Gasteiger partial charge in [-0.1, -0.05) is 38.3 Å². The lowest BCUT2D eigenvalue weighted by molar-refractivity contribution is -0.125. The summed E-state index contributed by atoms with van der Waals surface area (Å²) in [6, 6.07) is 4.79. The summed E-state index contributed by atoms with van der Waals surface area (Å²) < 4.78 is 5.18. The molecule has 0 spiro atoms. The Balaban J connectivity index is 1.57. The standard InChI is InChI=1S/C21H27ClN2O4/c1-13-5-3-6-17(14(13)2)23-19(25)12-28-21(27)15-8-9-16(22)18(11-15)24-10-4-7-20(24)26/h8-9,11,13-14,17H,3-7,10,12H2,1-2H3,(H,23,25)/t13-,14+,17-/m1/s1. The van der Waals surface area contributed by atoms with Gasteiger partial charge in [-0.2, -0.15) is 0 Å². The average Bonchev–Trinajstić information content (AvgIpc) is 3.09. The monoisotopic (exact) mass is 406 g/mol. The SMILES string of the molecule is C[C@H]1[C@H](C)CCC[C@H]1NC(=O)COC(=O)c1ccc(Cl)c(N2CCCC2=O)c1. The number of esters is 1. The summed E-state index contributed by atoms with van der Waals surface area (Å²) in [6.45, 7) is 4.61. The van der Waals surface area contributed by atoms with E-state index < -0.39 is 5.97 Å². The van der Waals surface area contributed by atoms with Crippen LogP contribution in [0.4, 0.5) is 5.69 Å². The van der Waals surface area contributed by atoms with Gasteiger partial charge in [0.15, 0.2) is 6.61 Å². The van der Waals surface area contributed by atoms with E-state index in [1.807, 2.05) is 0 Å². The Morgan fingerprint density at radius 1 is 1.25 bits per heavy atom. The highest BCUT2D eigenvalue weighted by Gasteiger charge is 2.28. The molecule has 1 N–H and O–H groups in total. The molecule has 0 aromatic heterocycles. The average molecular weight is 407 g/mol. The molecule has 7 heteroatoms. The molecule has 3 rings (SSSR count). The van der Waals surface area contributed by atoms with Crippen molar-refractivity contribution in [3.63, 3.8) is 0 Å². The molecule has 1 aromatic rings. The van der Waals surface area contributed by atoms with Crippen molar-refractivity contribution in [2.75, 3.05) is 18.1 Å². The molecule has 152 valence electrons. The van der Waals surface area contributed by atoms with Crippen LogP contribution in [0.1, 0.15) is 56.3 Å². The fourth-order valence-electron chi connectivity index (χ4n) is 4.00. The fraction of sp³-hybridized carbons (Fsp3) is 0.571. The van der Waals surface area contributed by atoms with Crippen LogP contribution in [0.5, 0.6) is 0 Å². The van der Waals surface area contributed by atoms with Gasteiger partial charge in [0, 0.05) is 19.0 Å². The van der Waals surface area contributed by atoms with Gasteiger partial charge in [-0.15, -0.1) is 0 Å². The first-order valence-corrected chi connectivity index (χ1v) is 10.3. The van der Waals surface area contributed by atoms with Crippen molar-refractivity contribution in [3.05, 3.63) is 28.8 Å². The van der Waals surface area contributed by atoms with Crippen molar-refractivity contribution in [1.29, 1.82) is 0 Å². The van der Waals surface area contributed by atoms with E-state index in [-0.39, 0.29) is 30.0 Å². The van der Waals surface area contributed by atoms with E-state index in [4.69, 9.17) is 16.3 Å². The summed E-state index contributed by atoms with van der Waals surface area (Å²) in [6.07, 6.45) is 4.47. The molecular formula is C21H27ClN2O4. The quantitative estimate of drug-likeness (QED) is 0.758. The number of hydrogen-bond acceptors (Lipinski definition) is 4. The molecule has 0 unspecified atom stereocenters. The number of benzene rings is 1. The van der Waals surface area contributed by atoms with Crippen molar-refractivity contribution in [2.24, 2.45) is 11.8 Å². The second kappa shape index (κ2) is 8.95. The van der Waals surface area contributed by atoms with Crippen LogP contribution >= 0.6 is 11.6 Å². The van der Waals surface area contributed by atoms with Gasteiger partial charge in [-0.3, -0.25) is 9.59 Å². The zero-order chi connectivity index (χ0) is 20.3. The Hall–Kier alpha value is -2.08.